The molecule has 1 aromatic rings. The van der Waals surface area contributed by atoms with Gasteiger partial charge in [-0.15, -0.1) is 0 Å². The molecule has 0 unspecified atom stereocenters. The van der Waals surface area contributed by atoms with Gasteiger partial charge in [-0.3, -0.25) is 47.9 Å². The molecular formula is C57H101N13O11. The Labute approximate surface area is 480 Å². The monoisotopic (exact) mass is 1140 g/mol. The Bertz CT molecular complexity index is 2130. The smallest absolute Gasteiger partial charge is 0.243 e. The number of primary amides is 1. The van der Waals surface area contributed by atoms with Crippen LogP contribution in [0, 0.1) is 23.7 Å². The van der Waals surface area contributed by atoms with Gasteiger partial charge in [-0.2, -0.15) is 0 Å². The predicted molar refractivity (Wildman–Crippen MR) is 311 cm³/mol. The van der Waals surface area contributed by atoms with Crippen LogP contribution in [0.2, 0.25) is 0 Å². The van der Waals surface area contributed by atoms with Gasteiger partial charge in [-0.1, -0.05) is 131 Å². The molecule has 0 saturated carbocycles. The molecule has 24 nitrogen and oxygen atoms in total. The van der Waals surface area contributed by atoms with E-state index in [0.717, 1.165) is 32.1 Å². The SMILES string of the molecule is CCCCCCCCC(=O)N[C@@H](CCN)C(=O)N[C@H](C(=O)N[C@@H](CCN)C(=O)N[C@H](Cc1ccccc1)C(=O)N[C@@H](CC(C)C)C(=O)N[C@@H](CCN)C(=O)N[C@@H](C(=O)N[C@@H](CC(C)C)C(=O)N[C@H](C(N)=O)[C@@H](C)O)C(C)C)[C@@H](C)CC. The van der Waals surface area contributed by atoms with Gasteiger partial charge in [0.2, 0.25) is 59.1 Å². The van der Waals surface area contributed by atoms with Crippen molar-refractivity contribution in [2.45, 2.75) is 220 Å². The average molecular weight is 1140 g/mol. The molecule has 0 heterocycles. The molecule has 81 heavy (non-hydrogen) atoms. The summed E-state index contributed by atoms with van der Waals surface area (Å²) < 4.78 is 0. The van der Waals surface area contributed by atoms with E-state index in [0.29, 0.717) is 18.4 Å². The van der Waals surface area contributed by atoms with Gasteiger partial charge in [0.25, 0.3) is 0 Å². The summed E-state index contributed by atoms with van der Waals surface area (Å²) in [5.41, 5.74) is 23.8. The Kier molecular flexibility index (Phi) is 35.3. The number of amides is 10. The van der Waals surface area contributed by atoms with Crippen LogP contribution in [0.3, 0.4) is 0 Å². The summed E-state index contributed by atoms with van der Waals surface area (Å²) >= 11 is 0. The third-order valence-electron chi connectivity index (χ3n) is 13.8. The minimum Gasteiger partial charge on any atom is -0.391 e. The van der Waals surface area contributed by atoms with E-state index in [1.165, 1.54) is 6.92 Å². The maximum atomic E-state index is 14.5. The summed E-state index contributed by atoms with van der Waals surface area (Å²) in [4.78, 5) is 137. The van der Waals surface area contributed by atoms with Crippen LogP contribution in [0.15, 0.2) is 30.3 Å². The number of carbonyl (C=O) groups is 10. The fourth-order valence-corrected chi connectivity index (χ4v) is 8.87. The number of unbranched alkanes of at least 4 members (excludes halogenated alkanes) is 5. The van der Waals surface area contributed by atoms with Gasteiger partial charge < -0.3 is 75.9 Å². The Balaban J connectivity index is 3.46. The second-order valence-electron chi connectivity index (χ2n) is 22.4. The van der Waals surface area contributed by atoms with E-state index in [4.69, 9.17) is 22.9 Å². The number of carbonyl (C=O) groups excluding carboxylic acids is 10. The number of nitrogens with two attached hydrogens (primary N) is 4. The minimum atomic E-state index is -1.43. The van der Waals surface area contributed by atoms with Gasteiger partial charge in [0.15, 0.2) is 0 Å². The van der Waals surface area contributed by atoms with Crippen molar-refractivity contribution in [3.05, 3.63) is 35.9 Å². The van der Waals surface area contributed by atoms with Crippen molar-refractivity contribution in [3.8, 4) is 0 Å². The molecule has 0 bridgehead atoms. The maximum Gasteiger partial charge on any atom is 0.243 e. The summed E-state index contributed by atoms with van der Waals surface area (Å²) in [7, 11) is 0. The zero-order chi connectivity index (χ0) is 61.4. The fourth-order valence-electron chi connectivity index (χ4n) is 8.87. The fraction of sp³-hybridized carbons (Fsp3) is 0.719. The lowest BCUT2D eigenvalue weighted by molar-refractivity contribution is -0.137. The van der Waals surface area contributed by atoms with Gasteiger partial charge in [-0.05, 0) is 94.3 Å². The highest BCUT2D eigenvalue weighted by molar-refractivity contribution is 5.98. The zero-order valence-electron chi connectivity index (χ0n) is 49.8. The lowest BCUT2D eigenvalue weighted by atomic mass is 9.97. The highest BCUT2D eigenvalue weighted by atomic mass is 16.3. The molecule has 11 atom stereocenters. The maximum absolute atomic E-state index is 14.5. The number of aliphatic hydroxyl groups is 1. The highest BCUT2D eigenvalue weighted by Crippen LogP contribution is 2.15. The number of aliphatic hydroxyl groups excluding tert-OH is 1. The molecule has 0 aliphatic carbocycles. The first-order valence-electron chi connectivity index (χ1n) is 29.1. The predicted octanol–water partition coefficient (Wildman–Crippen LogP) is 0.0497. The van der Waals surface area contributed by atoms with E-state index in [1.807, 2.05) is 34.6 Å². The van der Waals surface area contributed by atoms with Crippen molar-refractivity contribution < 1.29 is 53.1 Å². The summed E-state index contributed by atoms with van der Waals surface area (Å²) in [6.45, 7) is 17.5. The lowest BCUT2D eigenvalue weighted by Crippen LogP contribution is -2.62. The largest absolute Gasteiger partial charge is 0.391 e. The van der Waals surface area contributed by atoms with Gasteiger partial charge >= 0.3 is 0 Å². The summed E-state index contributed by atoms with van der Waals surface area (Å²) in [5.74, 6) is -8.53. The first-order valence-corrected chi connectivity index (χ1v) is 29.1. The van der Waals surface area contributed by atoms with Crippen molar-refractivity contribution in [2.75, 3.05) is 19.6 Å². The molecule has 10 amide bonds. The van der Waals surface area contributed by atoms with E-state index in [1.54, 1.807) is 51.1 Å². The molecule has 1 aromatic carbocycles. The van der Waals surface area contributed by atoms with E-state index in [2.05, 4.69) is 54.8 Å². The van der Waals surface area contributed by atoms with Crippen LogP contribution < -0.4 is 70.8 Å². The van der Waals surface area contributed by atoms with Crippen LogP contribution in [0.1, 0.15) is 158 Å². The van der Waals surface area contributed by atoms with Crippen LogP contribution in [0.25, 0.3) is 0 Å². The first-order chi connectivity index (χ1) is 38.2. The molecular weight excluding hydrogens is 1040 g/mol. The minimum absolute atomic E-state index is 0.0563. The normalized spacial score (nSPS) is 15.5. The summed E-state index contributed by atoms with van der Waals surface area (Å²) in [5, 5.41) is 34.2. The lowest BCUT2D eigenvalue weighted by Gasteiger charge is -2.30. The number of nitrogens with one attached hydrogen (secondary N) is 9. The summed E-state index contributed by atoms with van der Waals surface area (Å²) in [6, 6.07) is -2.47. The van der Waals surface area contributed by atoms with Crippen LogP contribution in [-0.4, -0.2) is 144 Å². The van der Waals surface area contributed by atoms with Crippen molar-refractivity contribution in [2.24, 2.45) is 46.6 Å². The number of hydrogen-bond acceptors (Lipinski definition) is 14. The zero-order valence-corrected chi connectivity index (χ0v) is 49.8. The number of benzene rings is 1. The molecule has 0 saturated heterocycles. The van der Waals surface area contributed by atoms with Crippen molar-refractivity contribution in [3.63, 3.8) is 0 Å². The third-order valence-corrected chi connectivity index (χ3v) is 13.8. The molecule has 24 heteroatoms. The van der Waals surface area contributed by atoms with Crippen LogP contribution in [-0.2, 0) is 54.4 Å². The summed E-state index contributed by atoms with van der Waals surface area (Å²) in [6.07, 6.45) is 5.34. The Morgan fingerprint density at radius 2 is 0.840 bits per heavy atom. The molecule has 0 aromatic heterocycles. The molecule has 0 aliphatic heterocycles. The molecule has 0 fully saturated rings. The standard InChI is InChI=1S/C57H101N13O11/c1-11-13-14-15-16-20-23-45(72)62-39(24-27-58)51(75)69-47(36(9)12-2)57(81)64-40(25-28-59)50(74)66-44(32-38-21-18-17-19-22-38)54(78)65-42(30-33(3)4)53(77)63-41(26-29-60)52(76)68-46(35(7)8)56(80)67-43(31-34(5)6)55(79)70-48(37(10)71)49(61)73/h17-19,21-22,33-37,39-44,46-48,71H,11-16,20,23-32,58-60H2,1-10H3,(H2,61,73)(H,62,72)(H,63,77)(H,64,81)(H,65,78)(H,66,74)(H,67,80)(H,68,76)(H,69,75)(H,70,79)/t36-,37+,39-,40-,41-,42-,43-,44+,46+,47-,48-/m0/s1. The van der Waals surface area contributed by atoms with E-state index >= 15 is 0 Å². The molecule has 0 radical (unpaired) electrons. The molecule has 1 rings (SSSR count). The Morgan fingerprint density at radius 3 is 1.31 bits per heavy atom. The van der Waals surface area contributed by atoms with Crippen LogP contribution in [0.4, 0.5) is 0 Å². The van der Waals surface area contributed by atoms with E-state index in [9.17, 15) is 53.1 Å². The molecule has 460 valence electrons. The highest BCUT2D eigenvalue weighted by Gasteiger charge is 2.37. The van der Waals surface area contributed by atoms with E-state index < -0.39 is 125 Å². The van der Waals surface area contributed by atoms with Crippen LogP contribution >= 0.6 is 0 Å². The van der Waals surface area contributed by atoms with Gasteiger partial charge in [0.05, 0.1) is 6.10 Å². The number of hydrogen-bond donors (Lipinski definition) is 14. The van der Waals surface area contributed by atoms with Crippen LogP contribution in [0.5, 0.6) is 0 Å². The third kappa shape index (κ3) is 27.9. The van der Waals surface area contributed by atoms with E-state index in [-0.39, 0.29) is 82.3 Å². The second-order valence-corrected chi connectivity index (χ2v) is 22.4. The Hall–Kier alpha value is -6.24. The topological polar surface area (TPSA) is 403 Å². The quantitative estimate of drug-likeness (QED) is 0.0386. The number of rotatable bonds is 41. The Morgan fingerprint density at radius 1 is 0.457 bits per heavy atom. The van der Waals surface area contributed by atoms with Crippen molar-refractivity contribution in [1.82, 2.24) is 47.9 Å². The average Bonchev–Trinajstić information content (AvgIpc) is 3.40. The second kappa shape index (κ2) is 39.2. The first kappa shape index (κ1) is 72.8. The molecule has 0 aliphatic rings. The van der Waals surface area contributed by atoms with Gasteiger partial charge in [0, 0.05) is 12.8 Å². The van der Waals surface area contributed by atoms with Crippen molar-refractivity contribution in [1.29, 1.82) is 0 Å². The molecule has 18 N–H and O–H groups in total. The molecule has 0 spiro atoms. The van der Waals surface area contributed by atoms with Gasteiger partial charge in [0.1, 0.15) is 54.4 Å². The van der Waals surface area contributed by atoms with Gasteiger partial charge in [-0.25, -0.2) is 0 Å². The van der Waals surface area contributed by atoms with Crippen molar-refractivity contribution >= 4 is 59.1 Å².